The van der Waals surface area contributed by atoms with Crippen molar-refractivity contribution in [1.82, 2.24) is 5.32 Å². The summed E-state index contributed by atoms with van der Waals surface area (Å²) in [5, 5.41) is 3.14. The molecule has 0 amide bonds. The molecule has 0 fully saturated rings. The van der Waals surface area contributed by atoms with E-state index in [0.717, 1.165) is 24.7 Å². The Morgan fingerprint density at radius 3 is 3.00 bits per heavy atom. The highest BCUT2D eigenvalue weighted by Gasteiger charge is 2.04. The van der Waals surface area contributed by atoms with E-state index in [9.17, 15) is 0 Å². The zero-order chi connectivity index (χ0) is 9.80. The van der Waals surface area contributed by atoms with Gasteiger partial charge in [-0.1, -0.05) is 6.07 Å². The first-order valence-corrected chi connectivity index (χ1v) is 4.60. The van der Waals surface area contributed by atoms with E-state index in [2.05, 4.69) is 10.3 Å². The number of benzene rings is 1. The SMILES string of the molecule is Cl.Nc1cccc(OCC2=NCCN2)c1. The lowest BCUT2D eigenvalue weighted by Crippen LogP contribution is -2.24. The maximum Gasteiger partial charge on any atom is 0.145 e. The van der Waals surface area contributed by atoms with Crippen LogP contribution in [0.1, 0.15) is 0 Å². The molecule has 2 rings (SSSR count). The van der Waals surface area contributed by atoms with Gasteiger partial charge in [0.1, 0.15) is 18.2 Å². The van der Waals surface area contributed by atoms with Gasteiger partial charge in [0.05, 0.1) is 6.54 Å². The van der Waals surface area contributed by atoms with Crippen LogP contribution < -0.4 is 15.8 Å². The Balaban J connectivity index is 0.00000112. The minimum absolute atomic E-state index is 0. The predicted octanol–water partition coefficient (Wildman–Crippen LogP) is 1.07. The second-order valence-corrected chi connectivity index (χ2v) is 3.12. The van der Waals surface area contributed by atoms with Gasteiger partial charge in [0.15, 0.2) is 0 Å². The zero-order valence-corrected chi connectivity index (χ0v) is 9.09. The van der Waals surface area contributed by atoms with Gasteiger partial charge < -0.3 is 15.8 Å². The average molecular weight is 228 g/mol. The van der Waals surface area contributed by atoms with Crippen LogP contribution >= 0.6 is 12.4 Å². The molecular weight excluding hydrogens is 214 g/mol. The van der Waals surface area contributed by atoms with Gasteiger partial charge in [-0.25, -0.2) is 0 Å². The van der Waals surface area contributed by atoms with Crippen molar-refractivity contribution in [1.29, 1.82) is 0 Å². The molecule has 0 aromatic heterocycles. The molecule has 0 radical (unpaired) electrons. The van der Waals surface area contributed by atoms with Crippen molar-refractivity contribution >= 4 is 23.9 Å². The first-order chi connectivity index (χ1) is 6.84. The lowest BCUT2D eigenvalue weighted by Gasteiger charge is -2.06. The summed E-state index contributed by atoms with van der Waals surface area (Å²) in [6.45, 7) is 2.24. The minimum Gasteiger partial charge on any atom is -0.486 e. The fourth-order valence-corrected chi connectivity index (χ4v) is 1.30. The summed E-state index contributed by atoms with van der Waals surface area (Å²) in [6.07, 6.45) is 0. The molecule has 5 heteroatoms. The predicted molar refractivity (Wildman–Crippen MR) is 63.9 cm³/mol. The van der Waals surface area contributed by atoms with E-state index in [4.69, 9.17) is 10.5 Å². The van der Waals surface area contributed by atoms with Gasteiger partial charge in [0, 0.05) is 18.3 Å². The number of halogens is 1. The molecule has 15 heavy (non-hydrogen) atoms. The molecular formula is C10H14ClN3O. The highest BCUT2D eigenvalue weighted by atomic mass is 35.5. The van der Waals surface area contributed by atoms with Gasteiger partial charge in [-0.2, -0.15) is 0 Å². The maximum atomic E-state index is 5.62. The summed E-state index contributed by atoms with van der Waals surface area (Å²) >= 11 is 0. The van der Waals surface area contributed by atoms with E-state index < -0.39 is 0 Å². The second-order valence-electron chi connectivity index (χ2n) is 3.12. The molecule has 0 bridgehead atoms. The van der Waals surface area contributed by atoms with Crippen LogP contribution in [0, 0.1) is 0 Å². The zero-order valence-electron chi connectivity index (χ0n) is 8.27. The van der Waals surface area contributed by atoms with E-state index in [1.165, 1.54) is 0 Å². The number of aliphatic imine (C=N–C) groups is 1. The molecule has 0 saturated heterocycles. The number of nitrogens with zero attached hydrogens (tertiary/aromatic N) is 1. The third-order valence-electron chi connectivity index (χ3n) is 1.98. The maximum absolute atomic E-state index is 5.62. The Kier molecular flexibility index (Phi) is 4.24. The number of hydrogen-bond donors (Lipinski definition) is 2. The van der Waals surface area contributed by atoms with Crippen LogP contribution in [-0.2, 0) is 0 Å². The van der Waals surface area contributed by atoms with Crippen molar-refractivity contribution in [2.75, 3.05) is 25.4 Å². The normalized spacial score (nSPS) is 13.7. The van der Waals surface area contributed by atoms with Crippen LogP contribution in [-0.4, -0.2) is 25.5 Å². The van der Waals surface area contributed by atoms with E-state index in [1.807, 2.05) is 18.2 Å². The van der Waals surface area contributed by atoms with E-state index >= 15 is 0 Å². The smallest absolute Gasteiger partial charge is 0.145 e. The van der Waals surface area contributed by atoms with Gasteiger partial charge in [0.2, 0.25) is 0 Å². The summed E-state index contributed by atoms with van der Waals surface area (Å²) in [5.74, 6) is 1.69. The molecule has 4 nitrogen and oxygen atoms in total. The average Bonchev–Trinajstić information content (AvgIpc) is 2.67. The summed E-state index contributed by atoms with van der Waals surface area (Å²) < 4.78 is 5.50. The van der Waals surface area contributed by atoms with Crippen LogP contribution in [0.25, 0.3) is 0 Å². The fraction of sp³-hybridized carbons (Fsp3) is 0.300. The number of ether oxygens (including phenoxy) is 1. The third kappa shape index (κ3) is 3.32. The van der Waals surface area contributed by atoms with E-state index in [0.29, 0.717) is 12.3 Å². The monoisotopic (exact) mass is 227 g/mol. The molecule has 0 saturated carbocycles. The van der Waals surface area contributed by atoms with Crippen molar-refractivity contribution in [2.45, 2.75) is 0 Å². The Hall–Kier alpha value is -1.42. The number of nitrogen functional groups attached to an aromatic ring is 1. The van der Waals surface area contributed by atoms with Gasteiger partial charge in [0.25, 0.3) is 0 Å². The van der Waals surface area contributed by atoms with Gasteiger partial charge in [-0.05, 0) is 12.1 Å². The largest absolute Gasteiger partial charge is 0.486 e. The lowest BCUT2D eigenvalue weighted by atomic mass is 10.3. The minimum atomic E-state index is 0. The van der Waals surface area contributed by atoms with Crippen LogP contribution in [0.5, 0.6) is 5.75 Å². The molecule has 0 aliphatic carbocycles. The van der Waals surface area contributed by atoms with Gasteiger partial charge in [-0.3, -0.25) is 4.99 Å². The first kappa shape index (κ1) is 11.7. The van der Waals surface area contributed by atoms with E-state index in [-0.39, 0.29) is 12.4 Å². The van der Waals surface area contributed by atoms with Crippen molar-refractivity contribution in [3.8, 4) is 5.75 Å². The first-order valence-electron chi connectivity index (χ1n) is 4.60. The quantitative estimate of drug-likeness (QED) is 0.760. The summed E-state index contributed by atoms with van der Waals surface area (Å²) in [6, 6.07) is 7.38. The number of hydrogen-bond acceptors (Lipinski definition) is 4. The van der Waals surface area contributed by atoms with Gasteiger partial charge in [-0.15, -0.1) is 12.4 Å². The van der Waals surface area contributed by atoms with Crippen molar-refractivity contribution in [3.63, 3.8) is 0 Å². The third-order valence-corrected chi connectivity index (χ3v) is 1.98. The van der Waals surface area contributed by atoms with Crippen LogP contribution in [0.3, 0.4) is 0 Å². The molecule has 82 valence electrons. The highest BCUT2D eigenvalue weighted by Crippen LogP contribution is 2.14. The number of anilines is 1. The van der Waals surface area contributed by atoms with Gasteiger partial charge >= 0.3 is 0 Å². The van der Waals surface area contributed by atoms with Crippen LogP contribution in [0.2, 0.25) is 0 Å². The van der Waals surface area contributed by atoms with Crippen molar-refractivity contribution in [3.05, 3.63) is 24.3 Å². The van der Waals surface area contributed by atoms with Crippen molar-refractivity contribution < 1.29 is 4.74 Å². The summed E-state index contributed by atoms with van der Waals surface area (Å²) in [7, 11) is 0. The Morgan fingerprint density at radius 1 is 1.47 bits per heavy atom. The Bertz CT molecular complexity index is 354. The standard InChI is InChI=1S/C10H13N3O.ClH/c11-8-2-1-3-9(6-8)14-7-10-12-4-5-13-10;/h1-3,6H,4-5,7,11H2,(H,12,13);1H. The summed E-state index contributed by atoms with van der Waals surface area (Å²) in [5.41, 5.74) is 6.33. The number of nitrogens with one attached hydrogen (secondary N) is 1. The van der Waals surface area contributed by atoms with Crippen molar-refractivity contribution in [2.24, 2.45) is 4.99 Å². The Labute approximate surface area is 94.9 Å². The lowest BCUT2D eigenvalue weighted by molar-refractivity contribution is 0.374. The molecule has 0 spiro atoms. The molecule has 1 aromatic rings. The molecule has 1 heterocycles. The number of amidine groups is 1. The number of rotatable bonds is 3. The van der Waals surface area contributed by atoms with E-state index in [1.54, 1.807) is 6.07 Å². The molecule has 1 aliphatic heterocycles. The molecule has 0 unspecified atom stereocenters. The molecule has 1 aliphatic rings. The topological polar surface area (TPSA) is 59.6 Å². The Morgan fingerprint density at radius 2 is 2.33 bits per heavy atom. The molecule has 3 N–H and O–H groups in total. The van der Waals surface area contributed by atoms with Crippen LogP contribution in [0.15, 0.2) is 29.3 Å². The second kappa shape index (κ2) is 5.46. The molecule has 0 atom stereocenters. The number of nitrogens with two attached hydrogens (primary N) is 1. The fourth-order valence-electron chi connectivity index (χ4n) is 1.30. The summed E-state index contributed by atoms with van der Waals surface area (Å²) in [4.78, 5) is 4.22. The van der Waals surface area contributed by atoms with Crippen LogP contribution in [0.4, 0.5) is 5.69 Å². The highest BCUT2D eigenvalue weighted by molar-refractivity contribution is 5.85. The molecule has 1 aromatic carbocycles.